The molecule has 0 aliphatic carbocycles. The summed E-state index contributed by atoms with van der Waals surface area (Å²) in [6, 6.07) is 7.39. The van der Waals surface area contributed by atoms with Gasteiger partial charge in [0, 0.05) is 4.48 Å². The van der Waals surface area contributed by atoms with E-state index in [1.807, 2.05) is 24.3 Å². The highest BCUT2D eigenvalue weighted by atomic mass is 79.9. The Bertz CT molecular complexity index is 321. The van der Waals surface area contributed by atoms with Crippen molar-refractivity contribution >= 4 is 15.9 Å². The molecular formula is C11H13BrO2. The Morgan fingerprint density at radius 2 is 2.36 bits per heavy atom. The second-order valence-electron chi connectivity index (χ2n) is 3.05. The summed E-state index contributed by atoms with van der Waals surface area (Å²) in [5.41, 5.74) is 0.850. The molecule has 14 heavy (non-hydrogen) atoms. The molecule has 3 heteroatoms. The van der Waals surface area contributed by atoms with E-state index in [4.69, 9.17) is 4.74 Å². The van der Waals surface area contributed by atoms with Crippen molar-refractivity contribution < 1.29 is 9.84 Å². The van der Waals surface area contributed by atoms with Crippen LogP contribution in [-0.4, -0.2) is 11.7 Å². The smallest absolute Gasteiger partial charge is 0.120 e. The number of hydrogen-bond acceptors (Lipinski definition) is 2. The molecule has 0 fully saturated rings. The first-order chi connectivity index (χ1) is 6.59. The summed E-state index contributed by atoms with van der Waals surface area (Å²) in [6.07, 6.45) is -0.467. The first-order valence-corrected chi connectivity index (χ1v) is 5.13. The fourth-order valence-electron chi connectivity index (χ4n) is 1.03. The van der Waals surface area contributed by atoms with Crippen LogP contribution in [0.5, 0.6) is 5.75 Å². The predicted molar refractivity (Wildman–Crippen MR) is 60.6 cm³/mol. The Morgan fingerprint density at radius 1 is 1.64 bits per heavy atom. The summed E-state index contributed by atoms with van der Waals surface area (Å²) in [6.45, 7) is 5.83. The van der Waals surface area contributed by atoms with Crippen LogP contribution in [0.25, 0.3) is 0 Å². The molecular weight excluding hydrogens is 244 g/mol. The number of aliphatic hydroxyl groups excluding tert-OH is 1. The van der Waals surface area contributed by atoms with Gasteiger partial charge in [0.1, 0.15) is 12.4 Å². The number of benzene rings is 1. The molecule has 0 aliphatic heterocycles. The minimum Gasteiger partial charge on any atom is -0.488 e. The van der Waals surface area contributed by atoms with Crippen molar-refractivity contribution in [3.8, 4) is 5.75 Å². The maximum Gasteiger partial charge on any atom is 0.120 e. The normalized spacial score (nSPS) is 12.2. The lowest BCUT2D eigenvalue weighted by molar-refractivity contribution is 0.198. The zero-order chi connectivity index (χ0) is 10.6. The highest BCUT2D eigenvalue weighted by molar-refractivity contribution is 9.11. The van der Waals surface area contributed by atoms with Crippen LogP contribution in [0.4, 0.5) is 0 Å². The zero-order valence-corrected chi connectivity index (χ0v) is 9.62. The molecule has 0 saturated carbocycles. The predicted octanol–water partition coefficient (Wildman–Crippen LogP) is 3.03. The quantitative estimate of drug-likeness (QED) is 0.898. The molecule has 1 atom stereocenters. The van der Waals surface area contributed by atoms with Gasteiger partial charge in [-0.2, -0.15) is 0 Å². The molecule has 0 bridgehead atoms. The SMILES string of the molecule is C=C(Br)COc1cccc([C@H](C)O)c1. The Kier molecular flexibility index (Phi) is 4.17. The van der Waals surface area contributed by atoms with Crippen LogP contribution in [0.15, 0.2) is 35.3 Å². The van der Waals surface area contributed by atoms with E-state index in [0.717, 1.165) is 15.8 Å². The first kappa shape index (κ1) is 11.3. The summed E-state index contributed by atoms with van der Waals surface area (Å²) in [5.74, 6) is 0.740. The van der Waals surface area contributed by atoms with Crippen molar-refractivity contribution in [3.05, 3.63) is 40.9 Å². The molecule has 0 aliphatic rings. The lowest BCUT2D eigenvalue weighted by atomic mass is 10.1. The highest BCUT2D eigenvalue weighted by Gasteiger charge is 2.01. The Labute approximate surface area is 92.3 Å². The number of ether oxygens (including phenoxy) is 1. The molecule has 0 spiro atoms. The van der Waals surface area contributed by atoms with Gasteiger partial charge in [0.2, 0.25) is 0 Å². The molecule has 1 aromatic rings. The van der Waals surface area contributed by atoms with Crippen LogP contribution < -0.4 is 4.74 Å². The largest absolute Gasteiger partial charge is 0.488 e. The average molecular weight is 257 g/mol. The fourth-order valence-corrected chi connectivity index (χ4v) is 1.14. The monoisotopic (exact) mass is 256 g/mol. The number of aliphatic hydroxyl groups is 1. The second-order valence-corrected chi connectivity index (χ2v) is 4.18. The topological polar surface area (TPSA) is 29.5 Å². The van der Waals surface area contributed by atoms with Crippen molar-refractivity contribution in [3.63, 3.8) is 0 Å². The molecule has 2 nitrogen and oxygen atoms in total. The molecule has 0 radical (unpaired) electrons. The standard InChI is InChI=1S/C11H13BrO2/c1-8(12)7-14-11-5-3-4-10(6-11)9(2)13/h3-6,9,13H,1,7H2,2H3/t9-/m0/s1. The number of hydrogen-bond donors (Lipinski definition) is 1. The number of halogens is 1. The lowest BCUT2D eigenvalue weighted by Crippen LogP contribution is -1.97. The second kappa shape index (κ2) is 5.17. The highest BCUT2D eigenvalue weighted by Crippen LogP contribution is 2.19. The van der Waals surface area contributed by atoms with Crippen LogP contribution in [0, 0.1) is 0 Å². The van der Waals surface area contributed by atoms with E-state index in [2.05, 4.69) is 22.5 Å². The summed E-state index contributed by atoms with van der Waals surface area (Å²) >= 11 is 3.21. The van der Waals surface area contributed by atoms with E-state index in [1.165, 1.54) is 0 Å². The Hall–Kier alpha value is -0.800. The molecule has 0 saturated heterocycles. The van der Waals surface area contributed by atoms with Gasteiger partial charge in [-0.1, -0.05) is 34.6 Å². The van der Waals surface area contributed by atoms with E-state index in [-0.39, 0.29) is 0 Å². The van der Waals surface area contributed by atoms with Gasteiger partial charge in [-0.3, -0.25) is 0 Å². The van der Waals surface area contributed by atoms with Gasteiger partial charge in [0.25, 0.3) is 0 Å². The first-order valence-electron chi connectivity index (χ1n) is 4.33. The van der Waals surface area contributed by atoms with Crippen molar-refractivity contribution in [1.82, 2.24) is 0 Å². The van der Waals surface area contributed by atoms with Crippen molar-refractivity contribution in [2.45, 2.75) is 13.0 Å². The van der Waals surface area contributed by atoms with Gasteiger partial charge in [0.15, 0.2) is 0 Å². The molecule has 0 aromatic heterocycles. The van der Waals surface area contributed by atoms with E-state index in [9.17, 15) is 5.11 Å². The molecule has 1 rings (SSSR count). The third kappa shape index (κ3) is 3.52. The van der Waals surface area contributed by atoms with Gasteiger partial charge in [-0.05, 0) is 24.6 Å². The maximum atomic E-state index is 9.34. The van der Waals surface area contributed by atoms with Crippen molar-refractivity contribution in [2.75, 3.05) is 6.61 Å². The molecule has 1 N–H and O–H groups in total. The molecule has 1 aromatic carbocycles. The van der Waals surface area contributed by atoms with Gasteiger partial charge < -0.3 is 9.84 Å². The summed E-state index contributed by atoms with van der Waals surface area (Å²) < 4.78 is 6.19. The minimum absolute atomic E-state index is 0.434. The zero-order valence-electron chi connectivity index (χ0n) is 8.03. The van der Waals surface area contributed by atoms with Crippen LogP contribution in [0.2, 0.25) is 0 Å². The van der Waals surface area contributed by atoms with Crippen LogP contribution >= 0.6 is 15.9 Å². The average Bonchev–Trinajstić information content (AvgIpc) is 2.15. The molecule has 76 valence electrons. The van der Waals surface area contributed by atoms with E-state index in [1.54, 1.807) is 6.92 Å². The Balaban J connectivity index is 2.68. The van der Waals surface area contributed by atoms with Gasteiger partial charge in [0.05, 0.1) is 6.10 Å². The van der Waals surface area contributed by atoms with Crippen LogP contribution in [-0.2, 0) is 0 Å². The van der Waals surface area contributed by atoms with Gasteiger partial charge >= 0.3 is 0 Å². The van der Waals surface area contributed by atoms with E-state index >= 15 is 0 Å². The van der Waals surface area contributed by atoms with Crippen LogP contribution in [0.3, 0.4) is 0 Å². The summed E-state index contributed by atoms with van der Waals surface area (Å²) in [5, 5.41) is 9.34. The molecule has 0 amide bonds. The van der Waals surface area contributed by atoms with Gasteiger partial charge in [-0.25, -0.2) is 0 Å². The van der Waals surface area contributed by atoms with E-state index in [0.29, 0.717) is 6.61 Å². The third-order valence-electron chi connectivity index (χ3n) is 1.74. The number of rotatable bonds is 4. The molecule has 0 unspecified atom stereocenters. The fraction of sp³-hybridized carbons (Fsp3) is 0.273. The summed E-state index contributed by atoms with van der Waals surface area (Å²) in [7, 11) is 0. The lowest BCUT2D eigenvalue weighted by Gasteiger charge is -2.08. The van der Waals surface area contributed by atoms with Gasteiger partial charge in [-0.15, -0.1) is 0 Å². The Morgan fingerprint density at radius 3 is 2.93 bits per heavy atom. The maximum absolute atomic E-state index is 9.34. The van der Waals surface area contributed by atoms with Crippen LogP contribution in [0.1, 0.15) is 18.6 Å². The van der Waals surface area contributed by atoms with Crippen molar-refractivity contribution in [2.24, 2.45) is 0 Å². The molecule has 0 heterocycles. The summed E-state index contributed by atoms with van der Waals surface area (Å²) in [4.78, 5) is 0. The van der Waals surface area contributed by atoms with E-state index < -0.39 is 6.10 Å². The third-order valence-corrected chi connectivity index (χ3v) is 1.96. The van der Waals surface area contributed by atoms with Crippen molar-refractivity contribution in [1.29, 1.82) is 0 Å². The minimum atomic E-state index is -0.467.